The van der Waals surface area contributed by atoms with Crippen molar-refractivity contribution >= 4 is 55.5 Å². The molecule has 3 N–H and O–H groups in total. The second kappa shape index (κ2) is 15.3. The van der Waals surface area contributed by atoms with Crippen LogP contribution >= 0.6 is 11.6 Å². The number of carboxylic acid groups (broad SMARTS) is 1. The number of methoxy groups -OCH3 is 1. The zero-order valence-corrected chi connectivity index (χ0v) is 30.9. The monoisotopic (exact) mass is 781 g/mol. The molecule has 0 aliphatic rings. The number of rotatable bonds is 13. The van der Waals surface area contributed by atoms with Gasteiger partial charge in [0.05, 0.1) is 52.0 Å². The van der Waals surface area contributed by atoms with Gasteiger partial charge in [-0.15, -0.1) is 0 Å². The fourth-order valence-corrected chi connectivity index (χ4v) is 7.30. The van der Waals surface area contributed by atoms with Gasteiger partial charge in [-0.1, -0.05) is 23.7 Å². The van der Waals surface area contributed by atoms with E-state index in [1.54, 1.807) is 38.1 Å². The number of pyridine rings is 1. The van der Waals surface area contributed by atoms with Gasteiger partial charge in [0.15, 0.2) is 11.5 Å². The van der Waals surface area contributed by atoms with Gasteiger partial charge in [0.2, 0.25) is 15.9 Å². The molecule has 0 fully saturated rings. The van der Waals surface area contributed by atoms with Crippen LogP contribution in [0.15, 0.2) is 71.5 Å². The Balaban J connectivity index is 1.52. The number of fused-ring (bicyclic) bond motifs is 2. The van der Waals surface area contributed by atoms with Crippen LogP contribution in [0.4, 0.5) is 19.4 Å². The summed E-state index contributed by atoms with van der Waals surface area (Å²) in [5.74, 6) is -1.64. The fraction of sp³-hybridized carbons (Fsp3) is 0.250. The molecular formula is C36H34ClF2N7O7S. The van der Waals surface area contributed by atoms with Gasteiger partial charge in [-0.25, -0.2) is 27.0 Å². The lowest BCUT2D eigenvalue weighted by Crippen LogP contribution is -2.35. The molecule has 18 heteroatoms. The molecule has 282 valence electrons. The fourth-order valence-electron chi connectivity index (χ4n) is 6.01. The first-order chi connectivity index (χ1) is 25.6. The van der Waals surface area contributed by atoms with E-state index in [2.05, 4.69) is 25.1 Å². The van der Waals surface area contributed by atoms with Gasteiger partial charge in [0, 0.05) is 25.6 Å². The molecule has 3 heterocycles. The Morgan fingerprint density at radius 3 is 2.35 bits per heavy atom. The highest BCUT2D eigenvalue weighted by molar-refractivity contribution is 7.92. The number of nitrogens with one attached hydrogen (secondary N) is 2. The highest BCUT2D eigenvalue weighted by Crippen LogP contribution is 2.36. The van der Waals surface area contributed by atoms with E-state index in [1.165, 1.54) is 43.1 Å². The van der Waals surface area contributed by atoms with Crippen LogP contribution in [0.2, 0.25) is 5.02 Å². The van der Waals surface area contributed by atoms with Gasteiger partial charge in [-0.2, -0.15) is 10.1 Å². The number of amides is 1. The van der Waals surface area contributed by atoms with Crippen LogP contribution < -0.4 is 25.1 Å². The van der Waals surface area contributed by atoms with Crippen molar-refractivity contribution in [3.05, 3.63) is 111 Å². The predicted molar refractivity (Wildman–Crippen MR) is 198 cm³/mol. The molecular weight excluding hydrogens is 748 g/mol. The Hall–Kier alpha value is -5.81. The molecule has 3 aromatic heterocycles. The molecule has 1 atom stereocenters. The maximum Gasteiger partial charge on any atom is 0.405 e. The second-order valence-corrected chi connectivity index (χ2v) is 14.8. The molecule has 54 heavy (non-hydrogen) atoms. The molecule has 6 aromatic rings. The van der Waals surface area contributed by atoms with Gasteiger partial charge in [-0.05, 0) is 73.9 Å². The Bertz CT molecular complexity index is 2540. The number of aromatic nitrogens is 5. The zero-order chi connectivity index (χ0) is 38.9. The van der Waals surface area contributed by atoms with E-state index in [9.17, 15) is 31.9 Å². The van der Waals surface area contributed by atoms with Crippen LogP contribution in [0.3, 0.4) is 0 Å². The first-order valence-electron chi connectivity index (χ1n) is 16.5. The van der Waals surface area contributed by atoms with E-state index in [-0.39, 0.29) is 80.4 Å². The standard InChI is InChI=1S/C36H34ClF2N7O7S/c1-19(2)53-29-12-9-25-32(41-29)42-34(27(40-36(48)49)17-21-15-22(38)18-23(39)16-21)46(35(25)47)28-11-10-26(37)30-31(28)45(3)43-33(30)44-54(50,51)14-13-20-5-7-24(52-4)8-6-20/h5-12,15-16,18-19,27,40H,13-14,17H2,1-4H3,(H,43,44)(H,48,49)/t27-/m0/s1. The molecule has 14 nitrogen and oxygen atoms in total. The average Bonchev–Trinajstić information content (AvgIpc) is 3.42. The number of nitrogens with zero attached hydrogens (tertiary/aromatic N) is 5. The third kappa shape index (κ3) is 8.21. The summed E-state index contributed by atoms with van der Waals surface area (Å²) in [4.78, 5) is 35.8. The van der Waals surface area contributed by atoms with E-state index in [4.69, 9.17) is 21.1 Å². The van der Waals surface area contributed by atoms with Crippen LogP contribution in [-0.4, -0.2) is 62.9 Å². The summed E-state index contributed by atoms with van der Waals surface area (Å²) in [5.41, 5.74) is 0.294. The van der Waals surface area contributed by atoms with Crippen molar-refractivity contribution in [2.45, 2.75) is 38.8 Å². The van der Waals surface area contributed by atoms with E-state index in [0.717, 1.165) is 22.3 Å². The largest absolute Gasteiger partial charge is 0.497 e. The van der Waals surface area contributed by atoms with E-state index >= 15 is 0 Å². The number of halogens is 3. The van der Waals surface area contributed by atoms with Crippen LogP contribution in [0.5, 0.6) is 11.6 Å². The summed E-state index contributed by atoms with van der Waals surface area (Å²) in [6, 6.07) is 14.1. The normalized spacial score (nSPS) is 12.3. The van der Waals surface area contributed by atoms with Gasteiger partial charge < -0.3 is 19.9 Å². The van der Waals surface area contributed by atoms with Crippen molar-refractivity contribution in [1.82, 2.24) is 29.6 Å². The number of ether oxygens (including phenoxy) is 2. The van der Waals surface area contributed by atoms with Crippen molar-refractivity contribution < 1.29 is 36.6 Å². The lowest BCUT2D eigenvalue weighted by Gasteiger charge is -2.22. The van der Waals surface area contributed by atoms with Gasteiger partial charge >= 0.3 is 6.09 Å². The molecule has 0 aliphatic carbocycles. The molecule has 0 saturated heterocycles. The van der Waals surface area contributed by atoms with E-state index in [0.29, 0.717) is 11.8 Å². The Kier molecular flexibility index (Phi) is 10.7. The van der Waals surface area contributed by atoms with E-state index in [1.807, 2.05) is 0 Å². The highest BCUT2D eigenvalue weighted by Gasteiger charge is 2.28. The topological polar surface area (TPSA) is 180 Å². The van der Waals surface area contributed by atoms with E-state index < -0.39 is 39.4 Å². The number of hydrogen-bond donors (Lipinski definition) is 3. The summed E-state index contributed by atoms with van der Waals surface area (Å²) in [6.07, 6.45) is -1.96. The number of aryl methyl sites for hydroxylation is 2. The van der Waals surface area contributed by atoms with Crippen molar-refractivity contribution in [3.63, 3.8) is 0 Å². The number of sulfonamides is 1. The van der Waals surface area contributed by atoms with Gasteiger partial charge in [0.1, 0.15) is 23.2 Å². The van der Waals surface area contributed by atoms with Crippen molar-refractivity contribution in [2.75, 3.05) is 17.6 Å². The lowest BCUT2D eigenvalue weighted by molar-refractivity contribution is 0.189. The Morgan fingerprint density at radius 1 is 1.00 bits per heavy atom. The second-order valence-electron chi connectivity index (χ2n) is 12.6. The molecule has 6 rings (SSSR count). The summed E-state index contributed by atoms with van der Waals surface area (Å²) in [7, 11) is -0.962. The summed E-state index contributed by atoms with van der Waals surface area (Å²) >= 11 is 6.68. The maximum atomic E-state index is 14.5. The molecule has 0 aliphatic heterocycles. The third-order valence-electron chi connectivity index (χ3n) is 8.29. The molecule has 0 saturated carbocycles. The lowest BCUT2D eigenvalue weighted by atomic mass is 10.0. The Morgan fingerprint density at radius 2 is 1.70 bits per heavy atom. The number of anilines is 1. The molecule has 0 bridgehead atoms. The van der Waals surface area contributed by atoms with Gasteiger partial charge in [-0.3, -0.25) is 18.8 Å². The minimum Gasteiger partial charge on any atom is -0.497 e. The summed E-state index contributed by atoms with van der Waals surface area (Å²) < 4.78 is 71.1. The first kappa shape index (κ1) is 37.9. The number of hydrogen-bond acceptors (Lipinski definition) is 9. The van der Waals surface area contributed by atoms with Crippen LogP contribution in [0, 0.1) is 11.6 Å². The zero-order valence-electron chi connectivity index (χ0n) is 29.3. The SMILES string of the molecule is COc1ccc(CCS(=O)(=O)Nc2nn(C)c3c(-n4c([C@H](Cc5cc(F)cc(F)c5)NC(=O)O)nc5nc(OC(C)C)ccc5c4=O)ccc(Cl)c23)cc1. The third-order valence-corrected chi connectivity index (χ3v) is 9.85. The number of carbonyl (C=O) groups is 1. The van der Waals surface area contributed by atoms with Crippen molar-refractivity contribution in [3.8, 4) is 17.3 Å². The molecule has 3 aromatic carbocycles. The van der Waals surface area contributed by atoms with Crippen LogP contribution in [0.25, 0.3) is 27.6 Å². The summed E-state index contributed by atoms with van der Waals surface area (Å²) in [6.45, 7) is 3.56. The van der Waals surface area contributed by atoms with Crippen molar-refractivity contribution in [2.24, 2.45) is 7.05 Å². The highest BCUT2D eigenvalue weighted by atomic mass is 35.5. The molecule has 0 radical (unpaired) electrons. The number of benzene rings is 3. The maximum absolute atomic E-state index is 14.5. The summed E-state index contributed by atoms with van der Waals surface area (Å²) in [5, 5.41) is 16.9. The minimum atomic E-state index is -4.00. The van der Waals surface area contributed by atoms with Crippen LogP contribution in [0.1, 0.15) is 36.8 Å². The quantitative estimate of drug-likeness (QED) is 0.127. The smallest absolute Gasteiger partial charge is 0.405 e. The van der Waals surface area contributed by atoms with Crippen molar-refractivity contribution in [1.29, 1.82) is 0 Å². The predicted octanol–water partition coefficient (Wildman–Crippen LogP) is 5.93. The average molecular weight is 782 g/mol. The molecule has 0 spiro atoms. The first-order valence-corrected chi connectivity index (χ1v) is 18.5. The molecule has 0 unspecified atom stereocenters. The minimum absolute atomic E-state index is 0.0189. The van der Waals surface area contributed by atoms with Crippen LogP contribution in [-0.2, 0) is 29.9 Å². The molecule has 1 amide bonds. The van der Waals surface area contributed by atoms with Gasteiger partial charge in [0.25, 0.3) is 5.56 Å². The Labute approximate surface area is 312 Å².